The van der Waals surface area contributed by atoms with Gasteiger partial charge in [0, 0.05) is 17.3 Å². The van der Waals surface area contributed by atoms with Crippen molar-refractivity contribution in [3.63, 3.8) is 0 Å². The zero-order chi connectivity index (χ0) is 15.6. The van der Waals surface area contributed by atoms with Gasteiger partial charge in [0.2, 0.25) is 10.0 Å². The van der Waals surface area contributed by atoms with E-state index in [0.717, 1.165) is 12.1 Å². The number of sulfonamides is 1. The fourth-order valence-corrected chi connectivity index (χ4v) is 3.05. The predicted octanol–water partition coefficient (Wildman–Crippen LogP) is 2.68. The normalized spacial score (nSPS) is 11.6. The summed E-state index contributed by atoms with van der Waals surface area (Å²) in [6.07, 6.45) is 0. The second-order valence-electron chi connectivity index (χ2n) is 4.23. The van der Waals surface area contributed by atoms with E-state index in [4.69, 9.17) is 17.3 Å². The first-order valence-electron chi connectivity index (χ1n) is 5.79. The predicted molar refractivity (Wildman–Crippen MR) is 76.2 cm³/mol. The van der Waals surface area contributed by atoms with Gasteiger partial charge in [0.1, 0.15) is 11.6 Å². The molecule has 0 aliphatic rings. The summed E-state index contributed by atoms with van der Waals surface area (Å²) in [5.74, 6) is -2.50. The first-order chi connectivity index (χ1) is 9.81. The van der Waals surface area contributed by atoms with E-state index < -0.39 is 26.6 Å². The fourth-order valence-electron chi connectivity index (χ4n) is 1.72. The minimum Gasteiger partial charge on any atom is -0.399 e. The van der Waals surface area contributed by atoms with Crippen LogP contribution in [-0.2, 0) is 16.6 Å². The quantitative estimate of drug-likeness (QED) is 0.845. The Bertz CT molecular complexity index is 758. The average Bonchev–Trinajstić information content (AvgIpc) is 2.36. The molecule has 2 rings (SSSR count). The highest BCUT2D eigenvalue weighted by Crippen LogP contribution is 2.22. The number of anilines is 1. The third-order valence-electron chi connectivity index (χ3n) is 2.70. The molecule has 2 aromatic rings. The van der Waals surface area contributed by atoms with Gasteiger partial charge < -0.3 is 5.73 Å². The summed E-state index contributed by atoms with van der Waals surface area (Å²) in [6, 6.07) is 8.01. The Labute approximate surface area is 125 Å². The molecule has 0 aliphatic heterocycles. The van der Waals surface area contributed by atoms with Crippen molar-refractivity contribution in [1.82, 2.24) is 4.72 Å². The first-order valence-corrected chi connectivity index (χ1v) is 7.65. The van der Waals surface area contributed by atoms with Crippen molar-refractivity contribution in [2.45, 2.75) is 11.4 Å². The molecule has 0 saturated carbocycles. The average molecular weight is 333 g/mol. The van der Waals surface area contributed by atoms with Gasteiger partial charge in [0.15, 0.2) is 4.90 Å². The lowest BCUT2D eigenvalue weighted by molar-refractivity contribution is 0.514. The summed E-state index contributed by atoms with van der Waals surface area (Å²) >= 11 is 5.88. The molecule has 8 heteroatoms. The molecule has 0 aliphatic carbocycles. The minimum absolute atomic E-state index is 0.189. The molecule has 3 N–H and O–H groups in total. The summed E-state index contributed by atoms with van der Waals surface area (Å²) in [5.41, 5.74) is 5.53. The van der Waals surface area contributed by atoms with E-state index in [1.807, 2.05) is 0 Å². The van der Waals surface area contributed by atoms with Crippen molar-refractivity contribution in [2.24, 2.45) is 0 Å². The van der Waals surface area contributed by atoms with E-state index in [9.17, 15) is 17.2 Å². The van der Waals surface area contributed by atoms with E-state index in [1.54, 1.807) is 24.3 Å². The Morgan fingerprint density at radius 3 is 2.29 bits per heavy atom. The molecule has 0 unspecified atom stereocenters. The van der Waals surface area contributed by atoms with E-state index in [2.05, 4.69) is 4.72 Å². The minimum atomic E-state index is -4.37. The highest BCUT2D eigenvalue weighted by Gasteiger charge is 2.24. The second kappa shape index (κ2) is 5.97. The molecule has 0 aromatic heterocycles. The molecule has 0 atom stereocenters. The lowest BCUT2D eigenvalue weighted by Crippen LogP contribution is -2.25. The van der Waals surface area contributed by atoms with Gasteiger partial charge in [-0.05, 0) is 23.8 Å². The maximum atomic E-state index is 13.6. The van der Waals surface area contributed by atoms with Gasteiger partial charge >= 0.3 is 0 Å². The molecule has 0 radical (unpaired) electrons. The van der Waals surface area contributed by atoms with Crippen LogP contribution in [-0.4, -0.2) is 8.42 Å². The summed E-state index contributed by atoms with van der Waals surface area (Å²) in [6.45, 7) is -0.189. The summed E-state index contributed by atoms with van der Waals surface area (Å²) < 4.78 is 53.4. The van der Waals surface area contributed by atoms with Crippen LogP contribution in [0.1, 0.15) is 5.56 Å². The maximum Gasteiger partial charge on any atom is 0.246 e. The standard InChI is InChI=1S/C13H11ClF2N2O2S/c14-10-4-2-1-3-8(10)7-18-21(19,20)13-11(15)5-9(17)6-12(13)16/h1-6,18H,7,17H2. The molecule has 0 bridgehead atoms. The topological polar surface area (TPSA) is 72.2 Å². The molecule has 0 spiro atoms. The van der Waals surface area contributed by atoms with Crippen molar-refractivity contribution in [3.05, 3.63) is 58.6 Å². The number of halogens is 3. The molecular formula is C13H11ClF2N2O2S. The lowest BCUT2D eigenvalue weighted by Gasteiger charge is -2.10. The summed E-state index contributed by atoms with van der Waals surface area (Å²) in [5, 5.41) is 0.346. The monoisotopic (exact) mass is 332 g/mol. The van der Waals surface area contributed by atoms with Crippen LogP contribution in [0.15, 0.2) is 41.3 Å². The Balaban J connectivity index is 2.30. The van der Waals surface area contributed by atoms with Crippen LogP contribution in [0.2, 0.25) is 5.02 Å². The van der Waals surface area contributed by atoms with E-state index in [1.165, 1.54) is 0 Å². The lowest BCUT2D eigenvalue weighted by atomic mass is 10.2. The largest absolute Gasteiger partial charge is 0.399 e. The number of nitrogens with two attached hydrogens (primary N) is 1. The van der Waals surface area contributed by atoms with Crippen molar-refractivity contribution >= 4 is 27.3 Å². The highest BCUT2D eigenvalue weighted by molar-refractivity contribution is 7.89. The molecule has 2 aromatic carbocycles. The van der Waals surface area contributed by atoms with Gasteiger partial charge in [0.05, 0.1) is 0 Å². The zero-order valence-electron chi connectivity index (χ0n) is 10.6. The molecular weight excluding hydrogens is 322 g/mol. The fraction of sp³-hybridized carbons (Fsp3) is 0.0769. The number of nitrogens with one attached hydrogen (secondary N) is 1. The third-order valence-corrected chi connectivity index (χ3v) is 4.52. The van der Waals surface area contributed by atoms with Crippen LogP contribution in [0.3, 0.4) is 0 Å². The van der Waals surface area contributed by atoms with Crippen LogP contribution in [0.25, 0.3) is 0 Å². The molecule has 0 fully saturated rings. The number of rotatable bonds is 4. The van der Waals surface area contributed by atoms with Gasteiger partial charge in [-0.25, -0.2) is 21.9 Å². The molecule has 21 heavy (non-hydrogen) atoms. The number of benzene rings is 2. The molecule has 0 amide bonds. The first kappa shape index (κ1) is 15.7. The Kier molecular flexibility index (Phi) is 4.46. The smallest absolute Gasteiger partial charge is 0.246 e. The highest BCUT2D eigenvalue weighted by atomic mass is 35.5. The molecule has 4 nitrogen and oxygen atoms in total. The van der Waals surface area contributed by atoms with Crippen LogP contribution < -0.4 is 10.5 Å². The maximum absolute atomic E-state index is 13.6. The van der Waals surface area contributed by atoms with Crippen molar-refractivity contribution in [3.8, 4) is 0 Å². The van der Waals surface area contributed by atoms with Crippen LogP contribution in [0.5, 0.6) is 0 Å². The van der Waals surface area contributed by atoms with E-state index in [-0.39, 0.29) is 12.2 Å². The van der Waals surface area contributed by atoms with Gasteiger partial charge in [-0.15, -0.1) is 0 Å². The zero-order valence-corrected chi connectivity index (χ0v) is 12.2. The number of hydrogen-bond acceptors (Lipinski definition) is 3. The Morgan fingerprint density at radius 2 is 1.71 bits per heavy atom. The summed E-state index contributed by atoms with van der Waals surface area (Å²) in [4.78, 5) is -1.07. The Hall–Kier alpha value is -1.70. The van der Waals surface area contributed by atoms with Gasteiger partial charge in [-0.2, -0.15) is 0 Å². The second-order valence-corrected chi connectivity index (χ2v) is 6.34. The van der Waals surface area contributed by atoms with Gasteiger partial charge in [-0.1, -0.05) is 29.8 Å². The molecule has 0 heterocycles. The van der Waals surface area contributed by atoms with Crippen molar-refractivity contribution < 1.29 is 17.2 Å². The van der Waals surface area contributed by atoms with Crippen LogP contribution in [0, 0.1) is 11.6 Å². The number of hydrogen-bond donors (Lipinski definition) is 2. The van der Waals surface area contributed by atoms with Crippen LogP contribution >= 0.6 is 11.6 Å². The van der Waals surface area contributed by atoms with Crippen molar-refractivity contribution in [2.75, 3.05) is 5.73 Å². The van der Waals surface area contributed by atoms with Gasteiger partial charge in [0.25, 0.3) is 0 Å². The SMILES string of the molecule is Nc1cc(F)c(S(=O)(=O)NCc2ccccc2Cl)c(F)c1. The summed E-state index contributed by atoms with van der Waals surface area (Å²) in [7, 11) is -4.37. The molecule has 112 valence electrons. The number of nitrogen functional groups attached to an aromatic ring is 1. The third kappa shape index (κ3) is 3.49. The van der Waals surface area contributed by atoms with Crippen LogP contribution in [0.4, 0.5) is 14.5 Å². The Morgan fingerprint density at radius 1 is 1.14 bits per heavy atom. The van der Waals surface area contributed by atoms with E-state index in [0.29, 0.717) is 10.6 Å². The van der Waals surface area contributed by atoms with Crippen molar-refractivity contribution in [1.29, 1.82) is 0 Å². The molecule has 0 saturated heterocycles. The van der Waals surface area contributed by atoms with E-state index >= 15 is 0 Å². The van der Waals surface area contributed by atoms with Gasteiger partial charge in [-0.3, -0.25) is 0 Å².